The topological polar surface area (TPSA) is 72.2 Å². The van der Waals surface area contributed by atoms with Crippen molar-refractivity contribution in [3.8, 4) is 22.5 Å². The van der Waals surface area contributed by atoms with E-state index in [1.54, 1.807) is 30.7 Å². The molecule has 0 unspecified atom stereocenters. The molecule has 6 nitrogen and oxygen atoms in total. The standard InChI is InChI=1S/C24H16BrN5O/c25-19-5-1-4-18(13-19)24(31)28-20-6-2-3-17(14-20)22-9-12-27-23-15-21(29-30(22)23)16-7-10-26-11-8-16/h1-15H,(H,28,31). The second-order valence-corrected chi connectivity index (χ2v) is 7.83. The fourth-order valence-electron chi connectivity index (χ4n) is 3.37. The van der Waals surface area contributed by atoms with Gasteiger partial charge in [0.15, 0.2) is 5.65 Å². The number of hydrogen-bond donors (Lipinski definition) is 1. The van der Waals surface area contributed by atoms with Crippen molar-refractivity contribution in [2.24, 2.45) is 0 Å². The number of fused-ring (bicyclic) bond motifs is 1. The van der Waals surface area contributed by atoms with Gasteiger partial charge in [0.05, 0.1) is 11.4 Å². The molecule has 31 heavy (non-hydrogen) atoms. The zero-order valence-electron chi connectivity index (χ0n) is 16.2. The molecule has 7 heteroatoms. The maximum Gasteiger partial charge on any atom is 0.255 e. The first-order chi connectivity index (χ1) is 15.2. The van der Waals surface area contributed by atoms with E-state index < -0.39 is 0 Å². The monoisotopic (exact) mass is 469 g/mol. The summed E-state index contributed by atoms with van der Waals surface area (Å²) >= 11 is 3.40. The fourth-order valence-corrected chi connectivity index (χ4v) is 3.77. The van der Waals surface area contributed by atoms with Crippen LogP contribution in [-0.4, -0.2) is 25.5 Å². The number of nitrogens with zero attached hydrogens (tertiary/aromatic N) is 4. The van der Waals surface area contributed by atoms with Gasteiger partial charge in [-0.1, -0.05) is 34.1 Å². The molecule has 0 fully saturated rings. The van der Waals surface area contributed by atoms with Gasteiger partial charge in [-0.15, -0.1) is 0 Å². The number of pyridine rings is 1. The zero-order chi connectivity index (χ0) is 21.2. The molecular weight excluding hydrogens is 454 g/mol. The Labute approximate surface area is 186 Å². The van der Waals surface area contributed by atoms with Gasteiger partial charge in [-0.25, -0.2) is 9.50 Å². The molecule has 0 saturated heterocycles. The molecule has 2 aromatic carbocycles. The Morgan fingerprint density at radius 3 is 2.55 bits per heavy atom. The van der Waals surface area contributed by atoms with E-state index in [9.17, 15) is 4.79 Å². The molecule has 1 amide bonds. The number of carbonyl (C=O) groups excluding carboxylic acids is 1. The minimum atomic E-state index is -0.169. The molecule has 0 bridgehead atoms. The lowest BCUT2D eigenvalue weighted by Crippen LogP contribution is -2.11. The van der Waals surface area contributed by atoms with Crippen LogP contribution in [0.5, 0.6) is 0 Å². The Morgan fingerprint density at radius 2 is 1.71 bits per heavy atom. The van der Waals surface area contributed by atoms with Gasteiger partial charge in [-0.05, 0) is 48.5 Å². The number of halogens is 1. The highest BCUT2D eigenvalue weighted by Crippen LogP contribution is 2.26. The van der Waals surface area contributed by atoms with Crippen LogP contribution in [0, 0.1) is 0 Å². The molecule has 0 radical (unpaired) electrons. The minimum Gasteiger partial charge on any atom is -0.322 e. The minimum absolute atomic E-state index is 0.169. The van der Waals surface area contributed by atoms with Crippen LogP contribution in [0.4, 0.5) is 5.69 Å². The molecule has 150 valence electrons. The molecule has 3 aromatic heterocycles. The molecule has 0 spiro atoms. The van der Waals surface area contributed by atoms with Crippen molar-refractivity contribution in [3.63, 3.8) is 0 Å². The third-order valence-corrected chi connectivity index (χ3v) is 5.33. The summed E-state index contributed by atoms with van der Waals surface area (Å²) in [5, 5.41) is 7.70. The largest absolute Gasteiger partial charge is 0.322 e. The summed E-state index contributed by atoms with van der Waals surface area (Å²) in [5.74, 6) is -0.169. The van der Waals surface area contributed by atoms with E-state index in [1.165, 1.54) is 0 Å². The zero-order valence-corrected chi connectivity index (χ0v) is 17.8. The van der Waals surface area contributed by atoms with Gasteiger partial charge in [0.25, 0.3) is 5.91 Å². The third kappa shape index (κ3) is 3.95. The second-order valence-electron chi connectivity index (χ2n) is 6.91. The number of carbonyl (C=O) groups is 1. The molecule has 0 aliphatic carbocycles. The van der Waals surface area contributed by atoms with E-state index in [4.69, 9.17) is 5.10 Å². The molecule has 0 aliphatic rings. The second kappa shape index (κ2) is 8.12. The molecule has 0 saturated carbocycles. The van der Waals surface area contributed by atoms with Crippen LogP contribution in [0.15, 0.2) is 95.9 Å². The van der Waals surface area contributed by atoms with Crippen molar-refractivity contribution in [2.45, 2.75) is 0 Å². The van der Waals surface area contributed by atoms with Crippen molar-refractivity contribution in [3.05, 3.63) is 101 Å². The highest BCUT2D eigenvalue weighted by molar-refractivity contribution is 9.10. The Balaban J connectivity index is 1.49. The third-order valence-electron chi connectivity index (χ3n) is 4.84. The van der Waals surface area contributed by atoms with Gasteiger partial charge in [-0.2, -0.15) is 5.10 Å². The first kappa shape index (κ1) is 19.1. The van der Waals surface area contributed by atoms with Crippen molar-refractivity contribution < 1.29 is 4.79 Å². The SMILES string of the molecule is O=C(Nc1cccc(-c2ccnc3cc(-c4ccncc4)nn23)c1)c1cccc(Br)c1. The summed E-state index contributed by atoms with van der Waals surface area (Å²) in [6, 6.07) is 22.7. The average molecular weight is 470 g/mol. The summed E-state index contributed by atoms with van der Waals surface area (Å²) in [6.07, 6.45) is 5.24. The summed E-state index contributed by atoms with van der Waals surface area (Å²) in [6.45, 7) is 0. The number of aromatic nitrogens is 4. The Kier molecular flexibility index (Phi) is 5.01. The molecule has 0 aliphatic heterocycles. The first-order valence-electron chi connectivity index (χ1n) is 9.60. The number of nitrogens with one attached hydrogen (secondary N) is 1. The van der Waals surface area contributed by atoms with Crippen LogP contribution < -0.4 is 5.32 Å². The van der Waals surface area contributed by atoms with Gasteiger partial charge in [-0.3, -0.25) is 9.78 Å². The Hall–Kier alpha value is -3.84. The number of amides is 1. The predicted octanol–water partition coefficient (Wildman–Crippen LogP) is 5.47. The van der Waals surface area contributed by atoms with Crippen molar-refractivity contribution in [2.75, 3.05) is 5.32 Å². The van der Waals surface area contributed by atoms with Crippen LogP contribution in [0.1, 0.15) is 10.4 Å². The number of benzene rings is 2. The van der Waals surface area contributed by atoms with E-state index in [0.29, 0.717) is 11.3 Å². The molecular formula is C24H16BrN5O. The van der Waals surface area contributed by atoms with Gasteiger partial charge in [0.1, 0.15) is 0 Å². The highest BCUT2D eigenvalue weighted by Gasteiger charge is 2.12. The van der Waals surface area contributed by atoms with Gasteiger partial charge in [0, 0.05) is 51.5 Å². The first-order valence-corrected chi connectivity index (χ1v) is 10.4. The van der Waals surface area contributed by atoms with Crippen LogP contribution in [-0.2, 0) is 0 Å². The highest BCUT2D eigenvalue weighted by atomic mass is 79.9. The predicted molar refractivity (Wildman–Crippen MR) is 124 cm³/mol. The van der Waals surface area contributed by atoms with Crippen molar-refractivity contribution in [1.29, 1.82) is 0 Å². The van der Waals surface area contributed by atoms with Gasteiger partial charge in [0.2, 0.25) is 0 Å². The number of rotatable bonds is 4. The van der Waals surface area contributed by atoms with E-state index in [0.717, 1.165) is 32.6 Å². The lowest BCUT2D eigenvalue weighted by Gasteiger charge is -2.09. The van der Waals surface area contributed by atoms with Crippen LogP contribution in [0.25, 0.3) is 28.2 Å². The van der Waals surface area contributed by atoms with Crippen molar-refractivity contribution in [1.82, 2.24) is 19.6 Å². The van der Waals surface area contributed by atoms with E-state index >= 15 is 0 Å². The van der Waals surface area contributed by atoms with Gasteiger partial charge < -0.3 is 5.32 Å². The lowest BCUT2D eigenvalue weighted by molar-refractivity contribution is 0.102. The molecule has 0 atom stereocenters. The summed E-state index contributed by atoms with van der Waals surface area (Å²) in [7, 11) is 0. The van der Waals surface area contributed by atoms with E-state index in [2.05, 4.69) is 31.2 Å². The molecule has 3 heterocycles. The summed E-state index contributed by atoms with van der Waals surface area (Å²) in [4.78, 5) is 21.1. The van der Waals surface area contributed by atoms with Crippen LogP contribution >= 0.6 is 15.9 Å². The maximum absolute atomic E-state index is 12.6. The van der Waals surface area contributed by atoms with E-state index in [1.807, 2.05) is 65.2 Å². The Bertz CT molecular complexity index is 1400. The Morgan fingerprint density at radius 1 is 0.871 bits per heavy atom. The normalized spacial score (nSPS) is 10.9. The quantitative estimate of drug-likeness (QED) is 0.378. The van der Waals surface area contributed by atoms with Crippen LogP contribution in [0.3, 0.4) is 0 Å². The number of anilines is 1. The lowest BCUT2D eigenvalue weighted by atomic mass is 10.1. The maximum atomic E-state index is 12.6. The van der Waals surface area contributed by atoms with Crippen LogP contribution in [0.2, 0.25) is 0 Å². The van der Waals surface area contributed by atoms with Crippen molar-refractivity contribution >= 4 is 33.2 Å². The fraction of sp³-hybridized carbons (Fsp3) is 0. The molecule has 5 aromatic rings. The molecule has 5 rings (SSSR count). The summed E-state index contributed by atoms with van der Waals surface area (Å²) in [5.41, 5.74) is 5.62. The number of hydrogen-bond acceptors (Lipinski definition) is 4. The smallest absolute Gasteiger partial charge is 0.255 e. The average Bonchev–Trinajstić information content (AvgIpc) is 3.24. The summed E-state index contributed by atoms with van der Waals surface area (Å²) < 4.78 is 2.67. The molecule has 1 N–H and O–H groups in total. The van der Waals surface area contributed by atoms with E-state index in [-0.39, 0.29) is 5.91 Å². The van der Waals surface area contributed by atoms with Gasteiger partial charge >= 0.3 is 0 Å².